The van der Waals surface area contributed by atoms with E-state index in [-0.39, 0.29) is 62.0 Å². The minimum atomic E-state index is -1.31. The molecule has 0 saturated heterocycles. The van der Waals surface area contributed by atoms with E-state index in [0.29, 0.717) is 10.6 Å². The number of carboxylic acids is 2. The summed E-state index contributed by atoms with van der Waals surface area (Å²) in [4.78, 5) is 79.1. The summed E-state index contributed by atoms with van der Waals surface area (Å²) in [6, 6.07) is 16.2. The number of nitrogens with zero attached hydrogens (tertiary/aromatic N) is 2. The van der Waals surface area contributed by atoms with Crippen LogP contribution in [0.15, 0.2) is 72.8 Å². The van der Waals surface area contributed by atoms with Gasteiger partial charge in [-0.3, -0.25) is 19.2 Å². The van der Waals surface area contributed by atoms with Gasteiger partial charge in [0.2, 0.25) is 0 Å². The Hall–Kier alpha value is -6.30. The minimum absolute atomic E-state index is 0.0694. The number of hydrogen-bond donors (Lipinski definition) is 2. The first-order valence-corrected chi connectivity index (χ1v) is 12.3. The summed E-state index contributed by atoms with van der Waals surface area (Å²) in [6.07, 6.45) is 0. The molecule has 0 aliphatic carbocycles. The first kappa shape index (κ1) is 24.7. The van der Waals surface area contributed by atoms with E-state index in [9.17, 15) is 39.0 Å². The molecule has 4 amide bonds. The number of aromatic carboxylic acids is 2. The molecule has 3 aliphatic heterocycles. The second-order valence-electron chi connectivity index (χ2n) is 9.43. The van der Waals surface area contributed by atoms with Gasteiger partial charge in [0, 0.05) is 0 Å². The molecule has 42 heavy (non-hydrogen) atoms. The predicted octanol–water partition coefficient (Wildman–Crippen LogP) is 4.58. The third-order valence-corrected chi connectivity index (χ3v) is 7.09. The highest BCUT2D eigenvalue weighted by atomic mass is 16.6. The Bertz CT molecular complexity index is 2000. The summed E-state index contributed by atoms with van der Waals surface area (Å²) in [5.41, 5.74) is -1.51. The molecule has 3 aliphatic rings. The highest BCUT2D eigenvalue weighted by Crippen LogP contribution is 2.55. The molecule has 4 aromatic carbocycles. The molecule has 0 spiro atoms. The van der Waals surface area contributed by atoms with E-state index in [1.54, 1.807) is 24.3 Å². The van der Waals surface area contributed by atoms with Crippen molar-refractivity contribution in [2.75, 3.05) is 9.80 Å². The number of benzene rings is 4. The minimum Gasteiger partial charge on any atom is -0.478 e. The van der Waals surface area contributed by atoms with Gasteiger partial charge >= 0.3 is 11.9 Å². The van der Waals surface area contributed by atoms with E-state index in [4.69, 9.17) is 9.47 Å². The lowest BCUT2D eigenvalue weighted by atomic mass is 10.1. The van der Waals surface area contributed by atoms with Crippen LogP contribution in [0.2, 0.25) is 0 Å². The molecular formula is C30H14N2O10. The predicted molar refractivity (Wildman–Crippen MR) is 142 cm³/mol. The molecular weight excluding hydrogens is 548 g/mol. The SMILES string of the molecule is O=C(O)c1ccc2c(c1)C(=O)N(c1ccc3c(c1N1C(=O)c4ccc(C(=O)O)cc4C1=O)Oc1ccccc1O3)C2=O. The lowest BCUT2D eigenvalue weighted by molar-refractivity contribution is 0.0686. The van der Waals surface area contributed by atoms with Gasteiger partial charge in [-0.15, -0.1) is 0 Å². The Morgan fingerprint density at radius 1 is 0.548 bits per heavy atom. The van der Waals surface area contributed by atoms with Crippen LogP contribution in [0.3, 0.4) is 0 Å². The van der Waals surface area contributed by atoms with E-state index < -0.39 is 35.6 Å². The van der Waals surface area contributed by atoms with E-state index in [1.165, 1.54) is 36.4 Å². The molecule has 12 nitrogen and oxygen atoms in total. The molecule has 0 atom stereocenters. The number of carboxylic acid groups (broad SMARTS) is 2. The smallest absolute Gasteiger partial charge is 0.335 e. The van der Waals surface area contributed by atoms with E-state index >= 15 is 0 Å². The largest absolute Gasteiger partial charge is 0.478 e. The van der Waals surface area contributed by atoms with Crippen LogP contribution < -0.4 is 19.3 Å². The average molecular weight is 562 g/mol. The van der Waals surface area contributed by atoms with Crippen LogP contribution in [0.1, 0.15) is 62.1 Å². The fourth-order valence-electron chi connectivity index (χ4n) is 5.13. The standard InChI is InChI=1S/C30H14N2O10/c33-25-15-7-5-13(29(37)38)11-17(15)27(35)31(25)19-9-10-22-24(42-21-4-2-1-3-20(21)41-22)23(19)32-26(34)16-8-6-14(30(39)40)12-18(16)28(32)36/h1-12H,(H,37,38)(H,39,40). The zero-order valence-electron chi connectivity index (χ0n) is 21.0. The van der Waals surface area contributed by atoms with Crippen molar-refractivity contribution in [3.05, 3.63) is 106 Å². The van der Waals surface area contributed by atoms with E-state index in [2.05, 4.69) is 0 Å². The Morgan fingerprint density at radius 2 is 1.05 bits per heavy atom. The molecule has 204 valence electrons. The highest BCUT2D eigenvalue weighted by Gasteiger charge is 2.46. The normalized spacial score (nSPS) is 14.6. The third kappa shape index (κ3) is 3.35. The molecule has 3 heterocycles. The Morgan fingerprint density at radius 3 is 1.62 bits per heavy atom. The summed E-state index contributed by atoms with van der Waals surface area (Å²) in [6.45, 7) is 0. The second-order valence-corrected chi connectivity index (χ2v) is 9.43. The number of rotatable bonds is 4. The monoisotopic (exact) mass is 562 g/mol. The van der Waals surface area contributed by atoms with Crippen molar-refractivity contribution in [1.82, 2.24) is 0 Å². The van der Waals surface area contributed by atoms with Crippen LogP contribution in [0, 0.1) is 0 Å². The fourth-order valence-corrected chi connectivity index (χ4v) is 5.13. The molecule has 0 aromatic heterocycles. The maximum atomic E-state index is 13.7. The number of carbonyl (C=O) groups excluding carboxylic acids is 4. The molecule has 2 N–H and O–H groups in total. The van der Waals surface area contributed by atoms with Gasteiger partial charge in [0.15, 0.2) is 23.0 Å². The van der Waals surface area contributed by atoms with Crippen LogP contribution in [-0.2, 0) is 0 Å². The molecule has 12 heteroatoms. The van der Waals surface area contributed by atoms with Crippen LogP contribution in [-0.4, -0.2) is 45.8 Å². The van der Waals surface area contributed by atoms with Gasteiger partial charge < -0.3 is 19.7 Å². The molecule has 4 aromatic rings. The molecule has 0 saturated carbocycles. The van der Waals surface area contributed by atoms with Crippen LogP contribution in [0.4, 0.5) is 11.4 Å². The Labute approximate surface area is 234 Å². The zero-order valence-corrected chi connectivity index (χ0v) is 21.0. The molecule has 0 bridgehead atoms. The summed E-state index contributed by atoms with van der Waals surface area (Å²) >= 11 is 0. The van der Waals surface area contributed by atoms with Crippen molar-refractivity contribution in [3.63, 3.8) is 0 Å². The molecule has 0 radical (unpaired) electrons. The van der Waals surface area contributed by atoms with Crippen molar-refractivity contribution in [2.24, 2.45) is 0 Å². The van der Waals surface area contributed by atoms with Crippen molar-refractivity contribution >= 4 is 46.9 Å². The van der Waals surface area contributed by atoms with Gasteiger partial charge in [-0.05, 0) is 60.7 Å². The number of carbonyl (C=O) groups is 6. The summed E-state index contributed by atoms with van der Waals surface area (Å²) < 4.78 is 12.0. The number of para-hydroxylation sites is 2. The van der Waals surface area contributed by atoms with Crippen LogP contribution >= 0.6 is 0 Å². The van der Waals surface area contributed by atoms with Gasteiger partial charge in [-0.2, -0.15) is 0 Å². The van der Waals surface area contributed by atoms with Gasteiger partial charge in [0.1, 0.15) is 5.69 Å². The van der Waals surface area contributed by atoms with Crippen molar-refractivity contribution in [1.29, 1.82) is 0 Å². The highest BCUT2D eigenvalue weighted by molar-refractivity contribution is 6.39. The zero-order chi connectivity index (χ0) is 29.4. The summed E-state index contributed by atoms with van der Waals surface area (Å²) in [7, 11) is 0. The van der Waals surface area contributed by atoms with Gasteiger partial charge in [-0.25, -0.2) is 19.4 Å². The maximum Gasteiger partial charge on any atom is 0.335 e. The third-order valence-electron chi connectivity index (χ3n) is 7.09. The lowest BCUT2D eigenvalue weighted by Crippen LogP contribution is -2.35. The fraction of sp³-hybridized carbons (Fsp3) is 0. The topological polar surface area (TPSA) is 168 Å². The Kier molecular flexibility index (Phi) is 5.06. The maximum absolute atomic E-state index is 13.7. The first-order valence-electron chi connectivity index (χ1n) is 12.3. The van der Waals surface area contributed by atoms with E-state index in [1.807, 2.05) is 0 Å². The number of hydrogen-bond acceptors (Lipinski definition) is 8. The van der Waals surface area contributed by atoms with Crippen molar-refractivity contribution in [3.8, 4) is 23.0 Å². The van der Waals surface area contributed by atoms with Crippen molar-refractivity contribution < 1.29 is 48.5 Å². The second kappa shape index (κ2) is 8.60. The van der Waals surface area contributed by atoms with Crippen LogP contribution in [0.5, 0.6) is 23.0 Å². The number of anilines is 2. The average Bonchev–Trinajstić information content (AvgIpc) is 3.38. The van der Waals surface area contributed by atoms with E-state index in [0.717, 1.165) is 17.0 Å². The lowest BCUT2D eigenvalue weighted by Gasteiger charge is -2.29. The van der Waals surface area contributed by atoms with Crippen LogP contribution in [0.25, 0.3) is 0 Å². The summed E-state index contributed by atoms with van der Waals surface area (Å²) in [5.74, 6) is -5.62. The molecule has 7 rings (SSSR count). The van der Waals surface area contributed by atoms with Gasteiger partial charge in [-0.1, -0.05) is 12.1 Å². The number of ether oxygens (including phenoxy) is 2. The molecule has 0 fully saturated rings. The van der Waals surface area contributed by atoms with Crippen molar-refractivity contribution in [2.45, 2.75) is 0 Å². The number of amides is 4. The number of fused-ring (bicyclic) bond motifs is 4. The molecule has 0 unspecified atom stereocenters. The Balaban J connectivity index is 1.44. The van der Waals surface area contributed by atoms with Gasteiger partial charge in [0.05, 0.1) is 39.1 Å². The quantitative estimate of drug-likeness (QED) is 0.296. The summed E-state index contributed by atoms with van der Waals surface area (Å²) in [5, 5.41) is 18.8. The number of imide groups is 2. The first-order chi connectivity index (χ1) is 20.2. The van der Waals surface area contributed by atoms with Gasteiger partial charge in [0.25, 0.3) is 23.6 Å².